The molecule has 1 atom stereocenters. The van der Waals surface area contributed by atoms with Gasteiger partial charge in [-0.2, -0.15) is 0 Å². The Bertz CT molecular complexity index is 2310. The van der Waals surface area contributed by atoms with Crippen LogP contribution in [0.5, 0.6) is 0 Å². The molecule has 14 nitrogen and oxygen atoms in total. The normalized spacial score (nSPS) is 17.6. The molecule has 14 heteroatoms. The van der Waals surface area contributed by atoms with Gasteiger partial charge < -0.3 is 40.6 Å². The van der Waals surface area contributed by atoms with Gasteiger partial charge in [-0.3, -0.25) is 14.4 Å². The first-order chi connectivity index (χ1) is 30.7. The van der Waals surface area contributed by atoms with E-state index in [4.69, 9.17) is 14.5 Å². The minimum atomic E-state index is -0.849. The summed E-state index contributed by atoms with van der Waals surface area (Å²) in [6, 6.07) is 18.3. The second-order valence-corrected chi connectivity index (χ2v) is 20.3. The summed E-state index contributed by atoms with van der Waals surface area (Å²) in [4.78, 5) is 75.7. The van der Waals surface area contributed by atoms with Crippen molar-refractivity contribution < 1.29 is 33.4 Å². The van der Waals surface area contributed by atoms with E-state index in [1.54, 1.807) is 4.90 Å². The summed E-state index contributed by atoms with van der Waals surface area (Å²) < 4.78 is 10.9. The van der Waals surface area contributed by atoms with Crippen molar-refractivity contribution in [2.75, 3.05) is 25.0 Å². The van der Waals surface area contributed by atoms with Gasteiger partial charge in [0.05, 0.1) is 11.0 Å². The van der Waals surface area contributed by atoms with Crippen LogP contribution in [0, 0.1) is 24.7 Å². The first kappa shape index (κ1) is 48.5. The number of carbonyl (C=O) groups is 5. The molecular weight excluding hydrogens is 823 g/mol. The zero-order valence-electron chi connectivity index (χ0n) is 39.7. The van der Waals surface area contributed by atoms with Gasteiger partial charge in [0, 0.05) is 55.7 Å². The molecule has 0 radical (unpaired) electrons. The molecule has 1 aromatic heterocycles. The molecule has 1 aliphatic carbocycles. The number of piperidine rings is 1. The Morgan fingerprint density at radius 2 is 1.49 bits per heavy atom. The lowest BCUT2D eigenvalue weighted by Gasteiger charge is -2.33. The lowest BCUT2D eigenvalue weighted by atomic mass is 9.81. The number of carbonyl (C=O) groups excluding carboxylic acids is 5. The number of imidazole rings is 1. The average molecular weight is 892 g/mol. The van der Waals surface area contributed by atoms with Crippen LogP contribution in [-0.4, -0.2) is 87.7 Å². The van der Waals surface area contributed by atoms with Crippen molar-refractivity contribution >= 4 is 46.6 Å². The third-order valence-corrected chi connectivity index (χ3v) is 11.9. The van der Waals surface area contributed by atoms with Crippen molar-refractivity contribution in [1.29, 1.82) is 0 Å². The van der Waals surface area contributed by atoms with Crippen molar-refractivity contribution in [3.63, 3.8) is 0 Å². The lowest BCUT2D eigenvalue weighted by Crippen LogP contribution is -2.48. The molecule has 1 aliphatic heterocycles. The molecule has 5 N–H and O–H groups in total. The van der Waals surface area contributed by atoms with Crippen molar-refractivity contribution in [1.82, 2.24) is 30.8 Å². The summed E-state index contributed by atoms with van der Waals surface area (Å²) in [5.74, 6) is 0.685. The van der Waals surface area contributed by atoms with E-state index < -0.39 is 23.3 Å². The number of alkyl carbamates (subject to hydrolysis) is 1. The van der Waals surface area contributed by atoms with Gasteiger partial charge in [0.2, 0.25) is 11.8 Å². The molecule has 0 spiro atoms. The van der Waals surface area contributed by atoms with Crippen molar-refractivity contribution in [3.8, 4) is 11.1 Å². The van der Waals surface area contributed by atoms with Crippen LogP contribution in [0.4, 0.5) is 15.3 Å². The number of aromatic amines is 1. The van der Waals surface area contributed by atoms with E-state index in [0.717, 1.165) is 58.4 Å². The summed E-state index contributed by atoms with van der Waals surface area (Å²) in [5, 5.41) is 12.2. The number of aryl methyl sites for hydroxylation is 1. The quantitative estimate of drug-likeness (QED) is 0.0882. The number of aromatic nitrogens is 2. The summed E-state index contributed by atoms with van der Waals surface area (Å²) >= 11 is 0. The third-order valence-electron chi connectivity index (χ3n) is 11.9. The Morgan fingerprint density at radius 3 is 2.12 bits per heavy atom. The standard InChI is InChI=1S/C51H69N7O7/c1-31(2)26-44-55-41-21-19-39(29-42(41)56-44)54-47(61)43(57-45(59)36-16-12-34(13-17-36)30-52-48(62)64-50(4,5)6)28-33-10-14-35(15-11-33)40-20-18-37(27-32(40)3)46(60)53-38-22-24-58(25-23-38)49(63)65-51(7,8)9/h10-11,14-15,18-21,27,29,31,34,36,38,43H,12-13,16-17,22-26,28,30H2,1-9H3,(H,52,62)(H,53,60)(H,54,61)(H,55,56)(H,57,59)/t34?,36?,43-/m0/s1. The Balaban J connectivity index is 1.09. The molecule has 0 unspecified atom stereocenters. The number of rotatable bonds is 13. The minimum Gasteiger partial charge on any atom is -0.444 e. The van der Waals surface area contributed by atoms with Crippen LogP contribution in [0.1, 0.15) is 121 Å². The largest absolute Gasteiger partial charge is 0.444 e. The minimum absolute atomic E-state index is 0.0398. The van der Waals surface area contributed by atoms with Crippen LogP contribution in [0.2, 0.25) is 0 Å². The Morgan fingerprint density at radius 1 is 0.815 bits per heavy atom. The summed E-state index contributed by atoms with van der Waals surface area (Å²) in [7, 11) is 0. The van der Waals surface area contributed by atoms with Gasteiger partial charge in [-0.1, -0.05) is 44.2 Å². The highest BCUT2D eigenvalue weighted by atomic mass is 16.6. The fourth-order valence-corrected chi connectivity index (χ4v) is 8.51. The SMILES string of the molecule is Cc1cc(C(=O)NC2CCN(C(=O)OC(C)(C)C)CC2)ccc1-c1ccc(C[C@H](NC(=O)C2CCC(CNC(=O)OC(C)(C)C)CC2)C(=O)Nc2ccc3nc(CC(C)C)[nH]c3c2)cc1. The van der Waals surface area contributed by atoms with Gasteiger partial charge in [-0.15, -0.1) is 0 Å². The van der Waals surface area contributed by atoms with Gasteiger partial charge in [0.1, 0.15) is 23.1 Å². The van der Waals surface area contributed by atoms with Gasteiger partial charge >= 0.3 is 12.2 Å². The van der Waals surface area contributed by atoms with Crippen molar-refractivity contribution in [2.24, 2.45) is 17.8 Å². The summed E-state index contributed by atoms with van der Waals surface area (Å²) in [6.45, 7) is 18.8. The maximum atomic E-state index is 14.1. The zero-order valence-corrected chi connectivity index (χ0v) is 39.7. The molecular formula is C51H69N7O7. The monoisotopic (exact) mass is 892 g/mol. The highest BCUT2D eigenvalue weighted by molar-refractivity contribution is 5.99. The van der Waals surface area contributed by atoms with Gasteiger partial charge in [0.25, 0.3) is 5.91 Å². The molecule has 1 saturated carbocycles. The number of likely N-dealkylation sites (tertiary alicyclic amines) is 1. The maximum Gasteiger partial charge on any atom is 0.410 e. The molecule has 3 aromatic carbocycles. The number of nitrogens with one attached hydrogen (secondary N) is 5. The highest BCUT2D eigenvalue weighted by Gasteiger charge is 2.31. The predicted molar refractivity (Wildman–Crippen MR) is 253 cm³/mol. The van der Waals surface area contributed by atoms with E-state index in [9.17, 15) is 24.0 Å². The number of ether oxygens (including phenoxy) is 2. The van der Waals surface area contributed by atoms with E-state index in [2.05, 4.69) is 40.1 Å². The predicted octanol–water partition coefficient (Wildman–Crippen LogP) is 8.86. The Labute approximate surface area is 383 Å². The molecule has 4 aromatic rings. The number of benzene rings is 3. The number of hydrogen-bond donors (Lipinski definition) is 5. The third kappa shape index (κ3) is 14.3. The fraction of sp³-hybridized carbons (Fsp3) is 0.529. The second kappa shape index (κ2) is 20.9. The van der Waals surface area contributed by atoms with Crippen LogP contribution in [-0.2, 0) is 31.9 Å². The van der Waals surface area contributed by atoms with Crippen molar-refractivity contribution in [3.05, 3.63) is 83.2 Å². The number of H-pyrrole nitrogens is 1. The van der Waals surface area contributed by atoms with Crippen LogP contribution in [0.3, 0.4) is 0 Å². The van der Waals surface area contributed by atoms with E-state index in [1.165, 1.54) is 0 Å². The Kier molecular flexibility index (Phi) is 15.6. The van der Waals surface area contributed by atoms with Gasteiger partial charge in [0.15, 0.2) is 0 Å². The van der Waals surface area contributed by atoms with E-state index >= 15 is 0 Å². The average Bonchev–Trinajstić information content (AvgIpc) is 3.63. The summed E-state index contributed by atoms with van der Waals surface area (Å²) in [5.41, 5.74) is 5.43. The first-order valence-corrected chi connectivity index (χ1v) is 23.2. The second-order valence-electron chi connectivity index (χ2n) is 20.3. The van der Waals surface area contributed by atoms with E-state index in [0.29, 0.717) is 62.5 Å². The van der Waals surface area contributed by atoms with E-state index in [1.807, 2.05) is 109 Å². The first-order valence-electron chi connectivity index (χ1n) is 23.2. The zero-order chi connectivity index (χ0) is 47.1. The number of nitrogens with zero attached hydrogens (tertiary/aromatic N) is 2. The molecule has 2 heterocycles. The lowest BCUT2D eigenvalue weighted by molar-refractivity contribution is -0.130. The number of anilines is 1. The highest BCUT2D eigenvalue weighted by Crippen LogP contribution is 2.30. The molecule has 0 bridgehead atoms. The molecule has 2 aliphatic rings. The molecule has 65 heavy (non-hydrogen) atoms. The van der Waals surface area contributed by atoms with Crippen LogP contribution in [0.15, 0.2) is 60.7 Å². The molecule has 2 fully saturated rings. The van der Waals surface area contributed by atoms with Crippen LogP contribution < -0.4 is 21.3 Å². The molecule has 5 amide bonds. The topological polar surface area (TPSA) is 184 Å². The van der Waals surface area contributed by atoms with Crippen LogP contribution in [0.25, 0.3) is 22.2 Å². The summed E-state index contributed by atoms with van der Waals surface area (Å²) in [6.07, 6.45) is 4.47. The smallest absolute Gasteiger partial charge is 0.410 e. The molecule has 1 saturated heterocycles. The molecule has 6 rings (SSSR count). The van der Waals surface area contributed by atoms with Crippen LogP contribution >= 0.6 is 0 Å². The number of hydrogen-bond acceptors (Lipinski definition) is 8. The number of amides is 5. The fourth-order valence-electron chi connectivity index (χ4n) is 8.51. The Hall–Kier alpha value is -5.92. The van der Waals surface area contributed by atoms with Crippen molar-refractivity contribution in [2.45, 2.75) is 137 Å². The van der Waals surface area contributed by atoms with Gasteiger partial charge in [-0.05, 0) is 151 Å². The molecule has 350 valence electrons. The number of fused-ring (bicyclic) bond motifs is 1. The maximum absolute atomic E-state index is 14.1. The van der Waals surface area contributed by atoms with E-state index in [-0.39, 0.29) is 48.1 Å². The van der Waals surface area contributed by atoms with Gasteiger partial charge in [-0.25, -0.2) is 14.6 Å².